The molecule has 2 aromatic rings. The van der Waals surface area contributed by atoms with E-state index in [-0.39, 0.29) is 6.09 Å². The number of carbonyl (C=O) groups excluding carboxylic acids is 1. The predicted molar refractivity (Wildman–Crippen MR) is 93.4 cm³/mol. The third kappa shape index (κ3) is 3.51. The lowest BCUT2D eigenvalue weighted by atomic mass is 10.2. The molecule has 1 heterocycles. The molecule has 1 aliphatic rings. The van der Waals surface area contributed by atoms with Gasteiger partial charge < -0.3 is 9.22 Å². The van der Waals surface area contributed by atoms with Crippen molar-refractivity contribution in [2.75, 3.05) is 39.2 Å². The second-order valence-electron chi connectivity index (χ2n) is 6.50. The van der Waals surface area contributed by atoms with Gasteiger partial charge in [0.15, 0.2) is 0 Å². The highest BCUT2D eigenvalue weighted by Gasteiger charge is 2.29. The minimum Gasteiger partial charge on any atom is -0.443 e. The second kappa shape index (κ2) is 6.26. The zero-order valence-electron chi connectivity index (χ0n) is 13.7. The molecule has 0 aliphatic carbocycles. The molecule has 0 atom stereocenters. The summed E-state index contributed by atoms with van der Waals surface area (Å²) >= 11 is 1.68. The van der Waals surface area contributed by atoms with Gasteiger partial charge in [-0.3, -0.25) is 0 Å². The topological polar surface area (TPSA) is 29.5 Å². The largest absolute Gasteiger partial charge is 0.443 e. The summed E-state index contributed by atoms with van der Waals surface area (Å²) in [5.41, 5.74) is 1.76. The summed E-state index contributed by atoms with van der Waals surface area (Å²) in [7, 11) is 6.24. The monoisotopic (exact) mass is 329 g/mol. The van der Waals surface area contributed by atoms with Gasteiger partial charge in [0.1, 0.15) is 13.2 Å². The van der Waals surface area contributed by atoms with Gasteiger partial charge in [0.25, 0.3) is 0 Å². The molecule has 0 aromatic heterocycles. The summed E-state index contributed by atoms with van der Waals surface area (Å²) < 4.78 is 6.29. The van der Waals surface area contributed by atoms with Gasteiger partial charge in [-0.2, -0.15) is 0 Å². The number of quaternary nitrogens is 1. The Hall–Kier alpha value is -1.98. The number of fused-ring (bicyclic) bond motifs is 2. The molecule has 4 nitrogen and oxygen atoms in total. The molecule has 3 rings (SSSR count). The van der Waals surface area contributed by atoms with Crippen molar-refractivity contribution in [2.45, 2.75) is 9.79 Å². The van der Waals surface area contributed by atoms with Crippen LogP contribution in [0.4, 0.5) is 16.2 Å². The van der Waals surface area contributed by atoms with Crippen LogP contribution in [-0.2, 0) is 4.74 Å². The molecule has 120 valence electrons. The lowest BCUT2D eigenvalue weighted by Crippen LogP contribution is -2.39. The van der Waals surface area contributed by atoms with Crippen molar-refractivity contribution in [3.63, 3.8) is 0 Å². The van der Waals surface area contributed by atoms with Gasteiger partial charge in [0, 0.05) is 9.79 Å². The molecule has 0 N–H and O–H groups in total. The first-order valence-electron chi connectivity index (χ1n) is 7.59. The highest BCUT2D eigenvalue weighted by Crippen LogP contribution is 2.47. The molecule has 1 amide bonds. The van der Waals surface area contributed by atoms with E-state index < -0.39 is 0 Å². The molecule has 1 aliphatic heterocycles. The smallest absolute Gasteiger partial charge is 0.419 e. The fraction of sp³-hybridized carbons (Fsp3) is 0.278. The predicted octanol–water partition coefficient (Wildman–Crippen LogP) is 4.13. The Bertz CT molecular complexity index is 679. The summed E-state index contributed by atoms with van der Waals surface area (Å²) in [6.07, 6.45) is -0.321. The lowest BCUT2D eigenvalue weighted by Gasteiger charge is -2.30. The maximum absolute atomic E-state index is 12.7. The lowest BCUT2D eigenvalue weighted by molar-refractivity contribution is -0.870. The van der Waals surface area contributed by atoms with Crippen molar-refractivity contribution >= 4 is 29.2 Å². The number of hydrogen-bond acceptors (Lipinski definition) is 3. The zero-order chi connectivity index (χ0) is 16.4. The van der Waals surface area contributed by atoms with E-state index >= 15 is 0 Å². The van der Waals surface area contributed by atoms with Crippen LogP contribution in [0.2, 0.25) is 0 Å². The molecule has 0 saturated heterocycles. The van der Waals surface area contributed by atoms with Gasteiger partial charge in [0.05, 0.1) is 32.5 Å². The molecular weight excluding hydrogens is 308 g/mol. The van der Waals surface area contributed by atoms with E-state index in [1.807, 2.05) is 48.5 Å². The number of carbonyl (C=O) groups is 1. The van der Waals surface area contributed by atoms with Gasteiger partial charge in [-0.05, 0) is 24.3 Å². The Labute approximate surface area is 141 Å². The Kier molecular flexibility index (Phi) is 4.33. The molecule has 0 spiro atoms. The van der Waals surface area contributed by atoms with Crippen LogP contribution >= 0.6 is 11.8 Å². The van der Waals surface area contributed by atoms with E-state index in [0.29, 0.717) is 6.61 Å². The summed E-state index contributed by atoms with van der Waals surface area (Å²) in [4.78, 5) is 16.5. The van der Waals surface area contributed by atoms with E-state index in [1.54, 1.807) is 16.7 Å². The highest BCUT2D eigenvalue weighted by atomic mass is 32.2. The summed E-state index contributed by atoms with van der Waals surface area (Å²) in [6.45, 7) is 1.17. The van der Waals surface area contributed by atoms with Gasteiger partial charge in [-0.1, -0.05) is 36.0 Å². The number of hydrogen-bond donors (Lipinski definition) is 0. The minimum absolute atomic E-state index is 0.321. The van der Waals surface area contributed by atoms with Crippen LogP contribution in [0.1, 0.15) is 0 Å². The van der Waals surface area contributed by atoms with E-state index in [1.165, 1.54) is 0 Å². The number of benzene rings is 2. The van der Waals surface area contributed by atoms with E-state index in [0.717, 1.165) is 32.2 Å². The first kappa shape index (κ1) is 15.9. The average Bonchev–Trinajstić information content (AvgIpc) is 2.51. The molecule has 23 heavy (non-hydrogen) atoms. The maximum atomic E-state index is 12.7. The first-order valence-corrected chi connectivity index (χ1v) is 8.41. The molecule has 0 fully saturated rings. The van der Waals surface area contributed by atoms with Crippen molar-refractivity contribution in [1.82, 2.24) is 0 Å². The van der Waals surface area contributed by atoms with E-state index in [9.17, 15) is 4.79 Å². The van der Waals surface area contributed by atoms with Crippen LogP contribution in [-0.4, -0.2) is 44.9 Å². The fourth-order valence-electron chi connectivity index (χ4n) is 2.37. The number of anilines is 2. The summed E-state index contributed by atoms with van der Waals surface area (Å²) in [6, 6.07) is 15.8. The van der Waals surface area contributed by atoms with Gasteiger partial charge in [-0.15, -0.1) is 0 Å². The Morgan fingerprint density at radius 3 is 2.04 bits per heavy atom. The third-order valence-corrected chi connectivity index (χ3v) is 4.73. The van der Waals surface area contributed by atoms with Crippen LogP contribution < -0.4 is 4.90 Å². The maximum Gasteiger partial charge on any atom is 0.419 e. The molecule has 0 bridgehead atoms. The van der Waals surface area contributed by atoms with Crippen LogP contribution in [0.5, 0.6) is 0 Å². The average molecular weight is 329 g/mol. The molecular formula is C18H21N2O2S+. The number of rotatable bonds is 3. The SMILES string of the molecule is C[N+](C)(C)CCOC(=O)N1c2ccccc2Sc2ccccc21. The standard InChI is InChI=1S/C18H21N2O2S/c1-20(2,3)12-13-22-18(21)19-14-8-4-6-10-16(14)23-17-11-7-5-9-15(17)19/h4-11H,12-13H2,1-3H3/q+1. The van der Waals surface area contributed by atoms with E-state index in [4.69, 9.17) is 4.74 Å². The van der Waals surface area contributed by atoms with Crippen LogP contribution in [0.3, 0.4) is 0 Å². The van der Waals surface area contributed by atoms with Crippen molar-refractivity contribution in [3.8, 4) is 0 Å². The number of para-hydroxylation sites is 2. The van der Waals surface area contributed by atoms with Crippen molar-refractivity contribution in [3.05, 3.63) is 48.5 Å². The number of nitrogens with zero attached hydrogens (tertiary/aromatic N) is 2. The quantitative estimate of drug-likeness (QED) is 0.793. The summed E-state index contributed by atoms with van der Waals surface area (Å²) in [5, 5.41) is 0. The second-order valence-corrected chi connectivity index (χ2v) is 7.58. The van der Waals surface area contributed by atoms with Gasteiger partial charge in [0.2, 0.25) is 0 Å². The minimum atomic E-state index is -0.321. The molecule has 0 radical (unpaired) electrons. The number of amides is 1. The van der Waals surface area contributed by atoms with Gasteiger partial charge >= 0.3 is 6.09 Å². The number of likely N-dealkylation sites (N-methyl/N-ethyl adjacent to an activating group) is 1. The van der Waals surface area contributed by atoms with Crippen molar-refractivity contribution in [2.24, 2.45) is 0 Å². The van der Waals surface area contributed by atoms with Crippen LogP contribution in [0.25, 0.3) is 0 Å². The zero-order valence-corrected chi connectivity index (χ0v) is 14.5. The van der Waals surface area contributed by atoms with Crippen LogP contribution in [0, 0.1) is 0 Å². The van der Waals surface area contributed by atoms with E-state index in [2.05, 4.69) is 21.1 Å². The molecule has 0 saturated carbocycles. The Morgan fingerprint density at radius 2 is 1.52 bits per heavy atom. The van der Waals surface area contributed by atoms with Crippen molar-refractivity contribution in [1.29, 1.82) is 0 Å². The number of ether oxygens (including phenoxy) is 1. The first-order chi connectivity index (χ1) is 11.0. The van der Waals surface area contributed by atoms with Crippen molar-refractivity contribution < 1.29 is 14.0 Å². The van der Waals surface area contributed by atoms with Gasteiger partial charge in [-0.25, -0.2) is 9.69 Å². The fourth-order valence-corrected chi connectivity index (χ4v) is 3.43. The molecule has 2 aromatic carbocycles. The van der Waals surface area contributed by atoms with Crippen LogP contribution in [0.15, 0.2) is 58.3 Å². The summed E-state index contributed by atoms with van der Waals surface area (Å²) in [5.74, 6) is 0. The highest BCUT2D eigenvalue weighted by molar-refractivity contribution is 7.99. The molecule has 0 unspecified atom stereocenters. The normalized spacial score (nSPS) is 13.3. The third-order valence-electron chi connectivity index (χ3n) is 3.60. The Balaban J connectivity index is 1.87. The Morgan fingerprint density at radius 1 is 1.00 bits per heavy atom. The molecule has 5 heteroatoms.